The smallest absolute Gasteiger partial charge is 0.745 e. The number of amides is 3. The number of unbranched alkanes of at least 4 members (excludes halogenated alkanes) is 2. The van der Waals surface area contributed by atoms with E-state index in [2.05, 4.69) is 16.0 Å². The number of carbonyl (C=O) groups is 4. The average molecular weight is 608 g/mol. The minimum Gasteiger partial charge on any atom is -0.745 e. The summed E-state index contributed by atoms with van der Waals surface area (Å²) in [5.74, 6) is -3.22. The van der Waals surface area contributed by atoms with E-state index in [-0.39, 0.29) is 60.3 Å². The molecule has 0 bridgehead atoms. The van der Waals surface area contributed by atoms with Crippen LogP contribution in [-0.2, 0) is 40.5 Å². The molecule has 1 aliphatic heterocycles. The Morgan fingerprint density at radius 3 is 2.41 bits per heavy atom. The molecule has 224 valence electrons. The standard InChI is InChI=1S/C27H41N3O9S.Na/c1-4-5-7-12-23(31)39-26(40(35,36)37)22(16-20-13-14-28-24(20)32)29-25(33)21(15-18(2)3)30-27(34)38-17-19-10-8-6-9-11-19;/h6,8-11,18,20-22,26H,4-5,7,12-17H2,1-3H3,(H,28,32)(H,29,33)(H,30,34)(H,35,36,37);/q;+1/p-1/t20-,21-,22-,26?;/m0./s1/i17D2;. The van der Waals surface area contributed by atoms with Gasteiger partial charge in [-0.1, -0.05) is 63.9 Å². The van der Waals surface area contributed by atoms with E-state index < -0.39 is 64.0 Å². The second-order valence-electron chi connectivity index (χ2n) is 10.1. The molecule has 3 amide bonds. The van der Waals surface area contributed by atoms with Gasteiger partial charge in [-0.15, -0.1) is 0 Å². The number of esters is 1. The zero-order valence-electron chi connectivity index (χ0n) is 26.0. The van der Waals surface area contributed by atoms with Gasteiger partial charge in [0, 0.05) is 18.9 Å². The number of alkyl carbamates (subject to hydrolysis) is 1. The molecule has 1 aromatic carbocycles. The number of hydrogen-bond acceptors (Lipinski definition) is 9. The van der Waals surface area contributed by atoms with E-state index in [0.29, 0.717) is 25.8 Å². The monoisotopic (exact) mass is 607 g/mol. The molecule has 12 nitrogen and oxygen atoms in total. The summed E-state index contributed by atoms with van der Waals surface area (Å²) in [4.78, 5) is 50.8. The van der Waals surface area contributed by atoms with Crippen LogP contribution in [0.15, 0.2) is 30.3 Å². The van der Waals surface area contributed by atoms with Gasteiger partial charge in [-0.3, -0.25) is 14.4 Å². The molecule has 1 heterocycles. The summed E-state index contributed by atoms with van der Waals surface area (Å²) in [6.45, 7) is 3.18. The van der Waals surface area contributed by atoms with Crippen LogP contribution in [0.3, 0.4) is 0 Å². The number of nitrogens with one attached hydrogen (secondary N) is 3. The van der Waals surface area contributed by atoms with Crippen molar-refractivity contribution in [1.29, 1.82) is 0 Å². The van der Waals surface area contributed by atoms with Gasteiger partial charge >= 0.3 is 41.6 Å². The molecule has 1 unspecified atom stereocenters. The minimum absolute atomic E-state index is 0. The van der Waals surface area contributed by atoms with Gasteiger partial charge in [-0.2, -0.15) is 0 Å². The van der Waals surface area contributed by atoms with Crippen LogP contribution < -0.4 is 45.5 Å². The molecule has 1 aliphatic rings. The third-order valence-corrected chi connectivity index (χ3v) is 7.22. The van der Waals surface area contributed by atoms with E-state index in [1.54, 1.807) is 32.0 Å². The second kappa shape index (κ2) is 18.4. The summed E-state index contributed by atoms with van der Waals surface area (Å²) in [6.07, 6.45) is 0.471. The van der Waals surface area contributed by atoms with Gasteiger partial charge < -0.3 is 30.0 Å². The maximum atomic E-state index is 13.4. The van der Waals surface area contributed by atoms with Crippen molar-refractivity contribution in [2.45, 2.75) is 89.8 Å². The van der Waals surface area contributed by atoms with Crippen LogP contribution in [0.2, 0.25) is 0 Å². The summed E-state index contributed by atoms with van der Waals surface area (Å²) >= 11 is 0. The van der Waals surface area contributed by atoms with Gasteiger partial charge in [-0.25, -0.2) is 13.2 Å². The van der Waals surface area contributed by atoms with E-state index in [1.165, 1.54) is 12.1 Å². The Morgan fingerprint density at radius 1 is 1.17 bits per heavy atom. The molecule has 0 radical (unpaired) electrons. The summed E-state index contributed by atoms with van der Waals surface area (Å²) < 4.78 is 63.0. The Balaban J connectivity index is 0.00000924. The van der Waals surface area contributed by atoms with E-state index in [1.807, 2.05) is 6.92 Å². The van der Waals surface area contributed by atoms with Crippen LogP contribution in [-0.4, -0.2) is 60.9 Å². The molecule has 0 aliphatic carbocycles. The first-order valence-corrected chi connectivity index (χ1v) is 14.9. The fourth-order valence-corrected chi connectivity index (χ4v) is 5.04. The third kappa shape index (κ3) is 13.6. The zero-order chi connectivity index (χ0) is 31.5. The van der Waals surface area contributed by atoms with Crippen LogP contribution in [0.25, 0.3) is 0 Å². The molecule has 1 saturated heterocycles. The molecule has 14 heteroatoms. The van der Waals surface area contributed by atoms with Crippen molar-refractivity contribution in [3.63, 3.8) is 0 Å². The second-order valence-corrected chi connectivity index (χ2v) is 11.6. The van der Waals surface area contributed by atoms with Crippen molar-refractivity contribution >= 4 is 34.0 Å². The van der Waals surface area contributed by atoms with Crippen LogP contribution >= 0.6 is 0 Å². The van der Waals surface area contributed by atoms with Crippen molar-refractivity contribution in [3.8, 4) is 0 Å². The largest absolute Gasteiger partial charge is 1.00 e. The minimum atomic E-state index is -5.32. The van der Waals surface area contributed by atoms with Gasteiger partial charge in [0.05, 0.1) is 8.78 Å². The Bertz CT molecular complexity index is 1190. The Hall–Kier alpha value is -2.19. The van der Waals surface area contributed by atoms with Crippen molar-refractivity contribution in [2.75, 3.05) is 6.54 Å². The number of benzene rings is 1. The van der Waals surface area contributed by atoms with Crippen molar-refractivity contribution < 1.29 is 73.9 Å². The molecule has 0 spiro atoms. The van der Waals surface area contributed by atoms with Gasteiger partial charge in [0.25, 0.3) is 0 Å². The van der Waals surface area contributed by atoms with Crippen LogP contribution in [0.4, 0.5) is 4.79 Å². The topological polar surface area (TPSA) is 180 Å². The molecule has 4 atom stereocenters. The van der Waals surface area contributed by atoms with Crippen molar-refractivity contribution in [2.24, 2.45) is 11.8 Å². The normalized spacial score (nSPS) is 18.1. The molecule has 3 N–H and O–H groups in total. The number of ether oxygens (including phenoxy) is 2. The Labute approximate surface area is 266 Å². The molecule has 41 heavy (non-hydrogen) atoms. The van der Waals surface area contributed by atoms with Crippen LogP contribution in [0, 0.1) is 11.8 Å². The average Bonchev–Trinajstić information content (AvgIpc) is 3.30. The molecular formula is C27H40N3NaO9S. The maximum Gasteiger partial charge on any atom is 1.00 e. The van der Waals surface area contributed by atoms with E-state index in [4.69, 9.17) is 12.2 Å². The summed E-state index contributed by atoms with van der Waals surface area (Å²) in [5, 5.41) is 7.31. The first kappa shape index (κ1) is 33.3. The summed E-state index contributed by atoms with van der Waals surface area (Å²) in [5.41, 5.74) is -2.26. The Morgan fingerprint density at radius 2 is 1.85 bits per heavy atom. The van der Waals surface area contributed by atoms with Crippen LogP contribution in [0.1, 0.15) is 74.0 Å². The summed E-state index contributed by atoms with van der Waals surface area (Å²) in [7, 11) is -5.32. The predicted molar refractivity (Wildman–Crippen MR) is 144 cm³/mol. The van der Waals surface area contributed by atoms with Gasteiger partial charge in [0.2, 0.25) is 17.3 Å². The van der Waals surface area contributed by atoms with Gasteiger partial charge in [0.15, 0.2) is 0 Å². The SMILES string of the molecule is [2H]C([2H])(OC(=O)N[C@@H](CC(C)C)C(=O)N[C@@H](C[C@@H]1CCNC1=O)C(OC(=O)CCCCC)S(=O)(=O)[O-])c1ccccc1.[Na+]. The van der Waals surface area contributed by atoms with E-state index in [0.717, 1.165) is 6.42 Å². The van der Waals surface area contributed by atoms with Crippen molar-refractivity contribution in [1.82, 2.24) is 16.0 Å². The first-order chi connectivity index (χ1) is 19.6. The maximum absolute atomic E-state index is 13.4. The number of hydrogen-bond donors (Lipinski definition) is 3. The molecule has 2 rings (SSSR count). The molecule has 1 fully saturated rings. The fourth-order valence-electron chi connectivity index (χ4n) is 4.23. The quantitative estimate of drug-likeness (QED) is 0.0951. The Kier molecular flexibility index (Phi) is 14.9. The molecule has 0 saturated carbocycles. The van der Waals surface area contributed by atoms with E-state index >= 15 is 0 Å². The first-order valence-electron chi connectivity index (χ1n) is 14.4. The molecular weight excluding hydrogens is 565 g/mol. The predicted octanol–water partition coefficient (Wildman–Crippen LogP) is -0.663. The van der Waals surface area contributed by atoms with Gasteiger partial charge in [0.1, 0.15) is 22.7 Å². The van der Waals surface area contributed by atoms with E-state index in [9.17, 15) is 32.1 Å². The van der Waals surface area contributed by atoms with Gasteiger partial charge in [-0.05, 0) is 37.2 Å². The molecule has 1 aromatic rings. The fraction of sp³-hybridized carbons (Fsp3) is 0.630. The molecule has 0 aromatic heterocycles. The number of rotatable bonds is 16. The zero-order valence-corrected chi connectivity index (χ0v) is 26.8. The van der Waals surface area contributed by atoms with Crippen molar-refractivity contribution in [3.05, 3.63) is 35.9 Å². The summed E-state index contributed by atoms with van der Waals surface area (Å²) in [6, 6.07) is 4.67. The third-order valence-electron chi connectivity index (χ3n) is 6.23. The van der Waals surface area contributed by atoms with Crippen LogP contribution in [0.5, 0.6) is 0 Å². The number of carbonyl (C=O) groups excluding carboxylic acids is 4.